The summed E-state index contributed by atoms with van der Waals surface area (Å²) in [6, 6.07) is 11.3. The maximum atomic E-state index is 12.9. The third-order valence-corrected chi connectivity index (χ3v) is 5.42. The highest BCUT2D eigenvalue weighted by atomic mass is 35.5. The Labute approximate surface area is 179 Å². The Morgan fingerprint density at radius 1 is 1.17 bits per heavy atom. The fraction of sp³-hybridized carbons (Fsp3) is 0.273. The van der Waals surface area contributed by atoms with Gasteiger partial charge in [-0.05, 0) is 29.8 Å². The second-order valence-corrected chi connectivity index (χ2v) is 7.24. The zero-order valence-corrected chi connectivity index (χ0v) is 17.7. The van der Waals surface area contributed by atoms with Gasteiger partial charge in [-0.2, -0.15) is 5.10 Å². The topological polar surface area (TPSA) is 74.6 Å². The molecule has 0 unspecified atom stereocenters. The number of carbonyl (C=O) groups is 1. The standard InChI is InChI=1S/C22H22ClN3O4/c1-28-9-8-24-22(27)20-15-10-13-11-18(29-2)19(30-3)12-14(13)21(15)26(25-20)17-7-5-4-6-16(17)23/h4-7,11-12H,8-10H2,1-3H3,(H,24,27). The van der Waals surface area contributed by atoms with Crippen molar-refractivity contribution in [2.75, 3.05) is 34.5 Å². The Hall–Kier alpha value is -3.03. The highest BCUT2D eigenvalue weighted by Gasteiger charge is 2.32. The van der Waals surface area contributed by atoms with E-state index in [9.17, 15) is 4.79 Å². The number of fused-ring (bicyclic) bond motifs is 3. The smallest absolute Gasteiger partial charge is 0.272 e. The molecular weight excluding hydrogens is 406 g/mol. The van der Waals surface area contributed by atoms with Crippen LogP contribution in [0.4, 0.5) is 0 Å². The second-order valence-electron chi connectivity index (χ2n) is 6.83. The first kappa shape index (κ1) is 20.3. The van der Waals surface area contributed by atoms with E-state index in [1.807, 2.05) is 30.3 Å². The summed E-state index contributed by atoms with van der Waals surface area (Å²) in [6.07, 6.45) is 0.558. The molecule has 1 heterocycles. The molecule has 1 aromatic heterocycles. The van der Waals surface area contributed by atoms with E-state index in [4.69, 9.17) is 25.8 Å². The third-order valence-electron chi connectivity index (χ3n) is 5.10. The average Bonchev–Trinajstić information content (AvgIpc) is 3.30. The summed E-state index contributed by atoms with van der Waals surface area (Å²) in [6.45, 7) is 0.825. The molecule has 2 aromatic carbocycles. The monoisotopic (exact) mass is 427 g/mol. The average molecular weight is 428 g/mol. The number of amides is 1. The quantitative estimate of drug-likeness (QED) is 0.457. The highest BCUT2D eigenvalue weighted by Crippen LogP contribution is 2.45. The van der Waals surface area contributed by atoms with E-state index in [1.165, 1.54) is 0 Å². The first-order chi connectivity index (χ1) is 14.6. The maximum Gasteiger partial charge on any atom is 0.272 e. The lowest BCUT2D eigenvalue weighted by molar-refractivity contribution is 0.0931. The van der Waals surface area contributed by atoms with Gasteiger partial charge in [0.15, 0.2) is 17.2 Å². The minimum absolute atomic E-state index is 0.249. The number of nitrogens with one attached hydrogen (secondary N) is 1. The number of hydrogen-bond donors (Lipinski definition) is 1. The van der Waals surface area contributed by atoms with Gasteiger partial charge in [0.05, 0.1) is 37.2 Å². The van der Waals surface area contributed by atoms with Crippen LogP contribution in [0.5, 0.6) is 11.5 Å². The predicted molar refractivity (Wildman–Crippen MR) is 114 cm³/mol. The molecule has 3 aromatic rings. The molecule has 0 fully saturated rings. The van der Waals surface area contributed by atoms with Crippen molar-refractivity contribution >= 4 is 17.5 Å². The summed E-state index contributed by atoms with van der Waals surface area (Å²) in [5.74, 6) is 1.01. The molecule has 1 amide bonds. The maximum absolute atomic E-state index is 12.9. The molecule has 0 atom stereocenters. The number of halogens is 1. The Kier molecular flexibility index (Phi) is 5.65. The number of aromatic nitrogens is 2. The molecular formula is C22H22ClN3O4. The van der Waals surface area contributed by atoms with Crippen molar-refractivity contribution in [3.63, 3.8) is 0 Å². The number of benzene rings is 2. The Morgan fingerprint density at radius 3 is 2.60 bits per heavy atom. The van der Waals surface area contributed by atoms with Gasteiger partial charge in [-0.3, -0.25) is 4.79 Å². The van der Waals surface area contributed by atoms with Crippen molar-refractivity contribution in [3.05, 3.63) is 58.2 Å². The molecule has 1 aliphatic rings. The van der Waals surface area contributed by atoms with Gasteiger partial charge in [-0.15, -0.1) is 0 Å². The van der Waals surface area contributed by atoms with Crippen LogP contribution in [0, 0.1) is 0 Å². The van der Waals surface area contributed by atoms with E-state index in [1.54, 1.807) is 32.1 Å². The van der Waals surface area contributed by atoms with Crippen molar-refractivity contribution in [2.24, 2.45) is 0 Å². The van der Waals surface area contributed by atoms with Gasteiger partial charge in [-0.1, -0.05) is 23.7 Å². The number of hydrogen-bond acceptors (Lipinski definition) is 5. The van der Waals surface area contributed by atoms with Gasteiger partial charge in [0.25, 0.3) is 5.91 Å². The molecule has 30 heavy (non-hydrogen) atoms. The lowest BCUT2D eigenvalue weighted by Gasteiger charge is -2.13. The molecule has 7 nitrogen and oxygen atoms in total. The number of nitrogens with zero attached hydrogens (tertiary/aromatic N) is 2. The fourth-order valence-electron chi connectivity index (χ4n) is 3.70. The van der Waals surface area contributed by atoms with Crippen LogP contribution in [0.2, 0.25) is 5.02 Å². The van der Waals surface area contributed by atoms with Crippen LogP contribution in [0.25, 0.3) is 16.9 Å². The largest absolute Gasteiger partial charge is 0.493 e. The van der Waals surface area contributed by atoms with Crippen LogP contribution in [0.1, 0.15) is 21.6 Å². The van der Waals surface area contributed by atoms with Crippen molar-refractivity contribution in [1.82, 2.24) is 15.1 Å². The fourth-order valence-corrected chi connectivity index (χ4v) is 3.92. The molecule has 0 saturated heterocycles. The van der Waals surface area contributed by atoms with E-state index in [-0.39, 0.29) is 5.91 Å². The Morgan fingerprint density at radius 2 is 1.90 bits per heavy atom. The molecule has 1 N–H and O–H groups in total. The van der Waals surface area contributed by atoms with Crippen LogP contribution >= 0.6 is 11.6 Å². The third kappa shape index (κ3) is 3.40. The van der Waals surface area contributed by atoms with Gasteiger partial charge in [0.2, 0.25) is 0 Å². The lowest BCUT2D eigenvalue weighted by atomic mass is 10.1. The molecule has 0 radical (unpaired) electrons. The first-order valence-corrected chi connectivity index (χ1v) is 9.86. The Bertz CT molecular complexity index is 1110. The second kappa shape index (κ2) is 8.38. The zero-order chi connectivity index (χ0) is 21.3. The van der Waals surface area contributed by atoms with Gasteiger partial charge >= 0.3 is 0 Å². The molecule has 0 aliphatic heterocycles. The number of rotatable bonds is 7. The predicted octanol–water partition coefficient (Wildman–Crippen LogP) is 3.49. The van der Waals surface area contributed by atoms with Crippen molar-refractivity contribution in [2.45, 2.75) is 6.42 Å². The molecule has 4 rings (SSSR count). The molecule has 0 saturated carbocycles. The van der Waals surface area contributed by atoms with Gasteiger partial charge in [-0.25, -0.2) is 4.68 Å². The molecule has 156 valence electrons. The number of carbonyl (C=O) groups excluding carboxylic acids is 1. The minimum atomic E-state index is -0.249. The molecule has 1 aliphatic carbocycles. The summed E-state index contributed by atoms with van der Waals surface area (Å²) < 4.78 is 17.7. The summed E-state index contributed by atoms with van der Waals surface area (Å²) in [5.41, 5.74) is 4.72. The molecule has 0 bridgehead atoms. The van der Waals surface area contributed by atoms with Gasteiger partial charge in [0.1, 0.15) is 0 Å². The van der Waals surface area contributed by atoms with E-state index >= 15 is 0 Å². The van der Waals surface area contributed by atoms with Crippen LogP contribution in [-0.4, -0.2) is 50.2 Å². The van der Waals surface area contributed by atoms with Crippen LogP contribution in [-0.2, 0) is 11.2 Å². The van der Waals surface area contributed by atoms with Crippen molar-refractivity contribution in [3.8, 4) is 28.4 Å². The normalized spacial score (nSPS) is 11.7. The minimum Gasteiger partial charge on any atom is -0.493 e. The number of ether oxygens (including phenoxy) is 3. The SMILES string of the molecule is COCCNC(=O)c1nn(-c2ccccc2Cl)c2c1Cc1cc(OC)c(OC)cc1-2. The van der Waals surface area contributed by atoms with E-state index < -0.39 is 0 Å². The number of para-hydroxylation sites is 1. The number of methoxy groups -OCH3 is 3. The highest BCUT2D eigenvalue weighted by molar-refractivity contribution is 6.32. The van der Waals surface area contributed by atoms with Crippen LogP contribution < -0.4 is 14.8 Å². The van der Waals surface area contributed by atoms with Crippen LogP contribution in [0.3, 0.4) is 0 Å². The van der Waals surface area contributed by atoms with E-state index in [2.05, 4.69) is 10.4 Å². The zero-order valence-electron chi connectivity index (χ0n) is 17.0. The first-order valence-electron chi connectivity index (χ1n) is 9.48. The molecule has 0 spiro atoms. The van der Waals surface area contributed by atoms with E-state index in [0.29, 0.717) is 47.5 Å². The summed E-state index contributed by atoms with van der Waals surface area (Å²) in [5, 5.41) is 8.05. The van der Waals surface area contributed by atoms with E-state index in [0.717, 1.165) is 22.4 Å². The van der Waals surface area contributed by atoms with Crippen molar-refractivity contribution < 1.29 is 19.0 Å². The summed E-state index contributed by atoms with van der Waals surface area (Å²) in [7, 11) is 4.79. The van der Waals surface area contributed by atoms with Crippen LogP contribution in [0.15, 0.2) is 36.4 Å². The summed E-state index contributed by atoms with van der Waals surface area (Å²) in [4.78, 5) is 12.9. The lowest BCUT2D eigenvalue weighted by Crippen LogP contribution is -2.28. The van der Waals surface area contributed by atoms with Gasteiger partial charge < -0.3 is 19.5 Å². The molecule has 8 heteroatoms. The van der Waals surface area contributed by atoms with Crippen molar-refractivity contribution in [1.29, 1.82) is 0 Å². The Balaban J connectivity index is 1.88. The van der Waals surface area contributed by atoms with Gasteiger partial charge in [0, 0.05) is 31.2 Å². The summed E-state index contributed by atoms with van der Waals surface area (Å²) >= 11 is 6.46.